The number of carbonyl (C=O) groups is 3. The minimum Gasteiger partial charge on any atom is -0.495 e. The topological polar surface area (TPSA) is 79.3 Å². The first-order valence-corrected chi connectivity index (χ1v) is 9.72. The van der Waals surface area contributed by atoms with E-state index in [0.29, 0.717) is 17.0 Å². The number of imide groups is 1. The molecule has 0 saturated carbocycles. The molecule has 0 spiro atoms. The molecule has 4 atom stereocenters. The third-order valence-electron chi connectivity index (χ3n) is 5.94. The molecule has 7 heteroatoms. The number of allylic oxidation sites excluding steroid dienone is 1. The number of carbonyl (C=O) groups excluding carboxylic acids is 3. The van der Waals surface area contributed by atoms with Gasteiger partial charge in [-0.15, -0.1) is 0 Å². The second-order valence-electron chi connectivity index (χ2n) is 7.43. The molecule has 150 valence electrons. The summed E-state index contributed by atoms with van der Waals surface area (Å²) >= 11 is 0. The highest BCUT2D eigenvalue weighted by molar-refractivity contribution is 6.25. The van der Waals surface area contributed by atoms with Crippen molar-refractivity contribution < 1.29 is 19.1 Å². The third kappa shape index (κ3) is 2.51. The Hall–Kier alpha value is -3.74. The normalized spacial score (nSPS) is 26.7. The molecule has 2 saturated heterocycles. The number of Topliss-reactive ketones (excluding diaryl/α,β-unsaturated/α-hetero) is 1. The number of methoxy groups -OCH3 is 1. The van der Waals surface area contributed by atoms with Crippen molar-refractivity contribution in [3.05, 3.63) is 72.3 Å². The molecule has 3 heterocycles. The zero-order valence-electron chi connectivity index (χ0n) is 16.2. The summed E-state index contributed by atoms with van der Waals surface area (Å²) in [4.78, 5) is 41.6. The van der Waals surface area contributed by atoms with Gasteiger partial charge in [0.25, 0.3) is 0 Å². The van der Waals surface area contributed by atoms with Crippen molar-refractivity contribution >= 4 is 29.5 Å². The minimum atomic E-state index is -0.847. The molecular weight excluding hydrogens is 382 g/mol. The summed E-state index contributed by atoms with van der Waals surface area (Å²) < 4.78 is 5.37. The van der Waals surface area contributed by atoms with Crippen molar-refractivity contribution in [2.45, 2.75) is 12.1 Å². The van der Waals surface area contributed by atoms with E-state index in [1.54, 1.807) is 65.8 Å². The first kappa shape index (κ1) is 18.3. The smallest absolute Gasteiger partial charge is 0.240 e. The van der Waals surface area contributed by atoms with Crippen molar-refractivity contribution in [2.75, 3.05) is 12.0 Å². The van der Waals surface area contributed by atoms with E-state index in [0.717, 1.165) is 0 Å². The quantitative estimate of drug-likeness (QED) is 0.580. The number of rotatable bonds is 4. The molecule has 2 fully saturated rings. The standard InChI is InChI=1S/C23H19N3O4/c1-30-17-12-6-5-10-15(17)25-22(28)18-16-11-7-13-24-26(16)20(19(18)23(25)29)21(27)14-8-3-2-4-9-14/h2-13,16,18-20H,1H3/t16-,18-,19-,20+/m0/s1. The predicted octanol–water partition coefficient (Wildman–Crippen LogP) is 2.29. The molecule has 30 heavy (non-hydrogen) atoms. The molecule has 2 aromatic carbocycles. The van der Waals surface area contributed by atoms with Crippen molar-refractivity contribution in [1.82, 2.24) is 5.01 Å². The lowest BCUT2D eigenvalue weighted by Crippen LogP contribution is -2.46. The maximum Gasteiger partial charge on any atom is 0.240 e. The Balaban J connectivity index is 1.60. The van der Waals surface area contributed by atoms with E-state index in [1.807, 2.05) is 12.1 Å². The summed E-state index contributed by atoms with van der Waals surface area (Å²) in [6.45, 7) is 0. The molecule has 0 N–H and O–H groups in total. The van der Waals surface area contributed by atoms with E-state index >= 15 is 0 Å². The van der Waals surface area contributed by atoms with Crippen LogP contribution in [0.3, 0.4) is 0 Å². The monoisotopic (exact) mass is 401 g/mol. The lowest BCUT2D eigenvalue weighted by atomic mass is 9.86. The van der Waals surface area contributed by atoms with Crippen LogP contribution >= 0.6 is 0 Å². The number of ketones is 1. The van der Waals surface area contributed by atoms with Gasteiger partial charge in [-0.05, 0) is 18.2 Å². The molecule has 0 aromatic heterocycles. The lowest BCUT2D eigenvalue weighted by Gasteiger charge is -2.30. The fourth-order valence-electron chi connectivity index (χ4n) is 4.66. The van der Waals surface area contributed by atoms with Crippen LogP contribution in [-0.2, 0) is 9.59 Å². The van der Waals surface area contributed by atoms with Crippen LogP contribution in [0, 0.1) is 11.8 Å². The molecule has 5 rings (SSSR count). The van der Waals surface area contributed by atoms with Crippen LogP contribution in [0.25, 0.3) is 0 Å². The van der Waals surface area contributed by atoms with Crippen molar-refractivity contribution in [1.29, 1.82) is 0 Å². The Bertz CT molecular complexity index is 1090. The van der Waals surface area contributed by atoms with Gasteiger partial charge >= 0.3 is 0 Å². The molecular formula is C23H19N3O4. The minimum absolute atomic E-state index is 0.219. The number of ether oxygens (including phenoxy) is 1. The van der Waals surface area contributed by atoms with E-state index in [1.165, 1.54) is 12.0 Å². The molecule has 3 aliphatic heterocycles. The Morgan fingerprint density at radius 3 is 2.43 bits per heavy atom. The van der Waals surface area contributed by atoms with Crippen molar-refractivity contribution in [3.8, 4) is 5.75 Å². The third-order valence-corrected chi connectivity index (χ3v) is 5.94. The van der Waals surface area contributed by atoms with Gasteiger partial charge < -0.3 is 4.74 Å². The van der Waals surface area contributed by atoms with Gasteiger partial charge in [-0.3, -0.25) is 19.4 Å². The highest BCUT2D eigenvalue weighted by atomic mass is 16.5. The van der Waals surface area contributed by atoms with Crippen molar-refractivity contribution in [2.24, 2.45) is 16.9 Å². The van der Waals surface area contributed by atoms with Gasteiger partial charge in [0.2, 0.25) is 11.8 Å². The van der Waals surface area contributed by atoms with Gasteiger partial charge in [0.1, 0.15) is 11.8 Å². The number of anilines is 1. The van der Waals surface area contributed by atoms with E-state index < -0.39 is 29.8 Å². The van der Waals surface area contributed by atoms with Gasteiger partial charge in [0.05, 0.1) is 30.7 Å². The Morgan fingerprint density at radius 2 is 1.67 bits per heavy atom. The average molecular weight is 401 g/mol. The summed E-state index contributed by atoms with van der Waals surface area (Å²) in [5.41, 5.74) is 0.882. The zero-order valence-corrected chi connectivity index (χ0v) is 16.2. The average Bonchev–Trinajstić information content (AvgIpc) is 3.26. The summed E-state index contributed by atoms with van der Waals surface area (Å²) in [6.07, 6.45) is 5.16. The van der Waals surface area contributed by atoms with Gasteiger partial charge in [0.15, 0.2) is 5.78 Å². The highest BCUT2D eigenvalue weighted by Crippen LogP contribution is 2.47. The molecule has 2 aromatic rings. The van der Waals surface area contributed by atoms with Crippen LogP contribution in [0.5, 0.6) is 5.75 Å². The van der Waals surface area contributed by atoms with Gasteiger partial charge in [-0.25, -0.2) is 4.90 Å². The number of hydrogen-bond donors (Lipinski definition) is 0. The molecule has 7 nitrogen and oxygen atoms in total. The number of nitrogens with zero attached hydrogens (tertiary/aromatic N) is 3. The fraction of sp³-hybridized carbons (Fsp3) is 0.217. The maximum absolute atomic E-state index is 13.6. The fourth-order valence-corrected chi connectivity index (χ4v) is 4.66. The summed E-state index contributed by atoms with van der Waals surface area (Å²) in [6, 6.07) is 14.4. The first-order chi connectivity index (χ1) is 14.6. The van der Waals surface area contributed by atoms with E-state index in [9.17, 15) is 14.4 Å². The molecule has 0 aliphatic carbocycles. The Morgan fingerprint density at radius 1 is 0.967 bits per heavy atom. The zero-order chi connectivity index (χ0) is 20.8. The largest absolute Gasteiger partial charge is 0.495 e. The second-order valence-corrected chi connectivity index (χ2v) is 7.43. The van der Waals surface area contributed by atoms with Crippen LogP contribution in [0.4, 0.5) is 5.69 Å². The number of para-hydroxylation sites is 2. The second kappa shape index (κ2) is 6.95. The van der Waals surface area contributed by atoms with Crippen LogP contribution in [0.2, 0.25) is 0 Å². The van der Waals surface area contributed by atoms with Crippen molar-refractivity contribution in [3.63, 3.8) is 0 Å². The van der Waals surface area contributed by atoms with Crippen LogP contribution in [0.15, 0.2) is 71.9 Å². The predicted molar refractivity (Wildman–Crippen MR) is 110 cm³/mol. The van der Waals surface area contributed by atoms with Crippen LogP contribution in [0.1, 0.15) is 10.4 Å². The van der Waals surface area contributed by atoms with Gasteiger partial charge in [0, 0.05) is 11.8 Å². The summed E-state index contributed by atoms with van der Waals surface area (Å²) in [7, 11) is 1.49. The molecule has 0 bridgehead atoms. The SMILES string of the molecule is COc1ccccc1N1C(=O)[C@@H]2[C@H](C1=O)[C@H](C(=O)c1ccccc1)N1N=CC=C[C@@H]21. The molecule has 0 unspecified atom stereocenters. The summed E-state index contributed by atoms with van der Waals surface area (Å²) in [5.74, 6) is -2.03. The number of amides is 2. The molecule has 0 radical (unpaired) electrons. The number of hydrazone groups is 1. The Labute approximate surface area is 173 Å². The molecule has 3 aliphatic rings. The van der Waals surface area contributed by atoms with E-state index in [-0.39, 0.29) is 11.7 Å². The van der Waals surface area contributed by atoms with E-state index in [4.69, 9.17) is 4.74 Å². The summed E-state index contributed by atoms with van der Waals surface area (Å²) in [5, 5.41) is 5.97. The first-order valence-electron chi connectivity index (χ1n) is 9.72. The molecule has 2 amide bonds. The maximum atomic E-state index is 13.6. The lowest BCUT2D eigenvalue weighted by molar-refractivity contribution is -0.123. The van der Waals surface area contributed by atoms with Gasteiger partial charge in [-0.1, -0.05) is 48.5 Å². The number of hydrogen-bond acceptors (Lipinski definition) is 6. The Kier molecular flexibility index (Phi) is 4.24. The van der Waals surface area contributed by atoms with E-state index in [2.05, 4.69) is 5.10 Å². The number of benzene rings is 2. The highest BCUT2D eigenvalue weighted by Gasteiger charge is 2.64. The van der Waals surface area contributed by atoms with Crippen LogP contribution < -0.4 is 9.64 Å². The van der Waals surface area contributed by atoms with Gasteiger partial charge in [-0.2, -0.15) is 5.10 Å². The number of fused-ring (bicyclic) bond motifs is 3. The van der Waals surface area contributed by atoms with Crippen LogP contribution in [-0.4, -0.2) is 48.0 Å².